The molecule has 1 aromatic carbocycles. The van der Waals surface area contributed by atoms with E-state index in [1.54, 1.807) is 16.8 Å². The molecule has 2 fully saturated rings. The van der Waals surface area contributed by atoms with Crippen LogP contribution in [0.15, 0.2) is 35.2 Å². The molecule has 2 saturated heterocycles. The highest BCUT2D eigenvalue weighted by molar-refractivity contribution is 7.17. The molecule has 28 heavy (non-hydrogen) atoms. The lowest BCUT2D eigenvalue weighted by molar-refractivity contribution is 0.0249. The number of rotatable bonds is 2. The van der Waals surface area contributed by atoms with E-state index >= 15 is 0 Å². The molecule has 8 heteroatoms. The number of aliphatic hydroxyl groups excluding tert-OH is 1. The van der Waals surface area contributed by atoms with Crippen molar-refractivity contribution in [2.24, 2.45) is 5.41 Å². The fourth-order valence-corrected chi connectivity index (χ4v) is 6.17. The van der Waals surface area contributed by atoms with Gasteiger partial charge in [0, 0.05) is 41.6 Å². The first-order chi connectivity index (χ1) is 13.6. The Morgan fingerprint density at radius 1 is 1.21 bits per heavy atom. The molecule has 0 aliphatic carbocycles. The maximum absolute atomic E-state index is 13.1. The van der Waals surface area contributed by atoms with Gasteiger partial charge in [0.05, 0.1) is 11.7 Å². The summed E-state index contributed by atoms with van der Waals surface area (Å²) < 4.78 is 1.16. The third-order valence-electron chi connectivity index (χ3n) is 6.07. The van der Waals surface area contributed by atoms with Gasteiger partial charge in [-0.3, -0.25) is 4.79 Å². The topological polar surface area (TPSA) is 69.6 Å². The minimum atomic E-state index is -0.360. The molecule has 3 aromatic rings. The Labute approximate surface area is 171 Å². The number of thiophene rings is 1. The predicted molar refractivity (Wildman–Crippen MR) is 112 cm³/mol. The summed E-state index contributed by atoms with van der Waals surface area (Å²) in [7, 11) is 0. The number of β-amino-alcohol motifs (C(OH)–C–C–N with tert-alkyl or cyclic N) is 1. The molecule has 0 bridgehead atoms. The van der Waals surface area contributed by atoms with Crippen molar-refractivity contribution in [3.63, 3.8) is 0 Å². The van der Waals surface area contributed by atoms with Crippen LogP contribution in [0.1, 0.15) is 29.6 Å². The van der Waals surface area contributed by atoms with Crippen molar-refractivity contribution >= 4 is 43.8 Å². The minimum absolute atomic E-state index is 0.0385. The van der Waals surface area contributed by atoms with Gasteiger partial charge in [0.1, 0.15) is 5.51 Å². The summed E-state index contributed by atoms with van der Waals surface area (Å²) in [5, 5.41) is 22.5. The van der Waals surface area contributed by atoms with Crippen molar-refractivity contribution in [3.05, 3.63) is 40.7 Å². The highest BCUT2D eigenvalue weighted by Crippen LogP contribution is 2.42. The number of anilines is 1. The molecule has 5 rings (SSSR count). The molecule has 0 radical (unpaired) electrons. The quantitative estimate of drug-likeness (QED) is 0.697. The number of hydrogen-bond donors (Lipinski definition) is 1. The smallest absolute Gasteiger partial charge is 0.255 e. The van der Waals surface area contributed by atoms with Crippen molar-refractivity contribution in [3.8, 4) is 0 Å². The monoisotopic (exact) mass is 414 g/mol. The molecule has 1 N–H and O–H groups in total. The number of nitrogens with zero attached hydrogens (tertiary/aromatic N) is 4. The maximum atomic E-state index is 13.1. The van der Waals surface area contributed by atoms with E-state index in [4.69, 9.17) is 0 Å². The van der Waals surface area contributed by atoms with Crippen LogP contribution in [0.2, 0.25) is 0 Å². The fraction of sp³-hybridized carbons (Fsp3) is 0.450. The van der Waals surface area contributed by atoms with Crippen LogP contribution in [-0.4, -0.2) is 58.4 Å². The van der Waals surface area contributed by atoms with E-state index in [1.807, 2.05) is 28.5 Å². The van der Waals surface area contributed by atoms with Crippen molar-refractivity contribution in [1.82, 2.24) is 15.1 Å². The maximum Gasteiger partial charge on any atom is 0.255 e. The second kappa shape index (κ2) is 7.09. The lowest BCUT2D eigenvalue weighted by atomic mass is 9.71. The SMILES string of the molecule is O=C(c1csc2ccccc12)N1CCC2(CC1)CC(O)CN(c1nncs1)C2. The number of carbonyl (C=O) groups is 1. The van der Waals surface area contributed by atoms with Crippen LogP contribution in [0.5, 0.6) is 0 Å². The van der Waals surface area contributed by atoms with Crippen LogP contribution in [0.25, 0.3) is 10.1 Å². The van der Waals surface area contributed by atoms with Gasteiger partial charge in [-0.2, -0.15) is 0 Å². The van der Waals surface area contributed by atoms with E-state index in [0.29, 0.717) is 6.54 Å². The molecule has 2 aromatic heterocycles. The van der Waals surface area contributed by atoms with Crippen LogP contribution in [0, 0.1) is 5.41 Å². The standard InChI is InChI=1S/C20H22N4O2S2/c25-14-9-20(12-24(10-14)19-22-21-13-28-19)5-7-23(8-6-20)18(26)16-11-27-17-4-2-1-3-15(16)17/h1-4,11,13-14,25H,5-10,12H2. The molecule has 0 saturated carbocycles. The van der Waals surface area contributed by atoms with Gasteiger partial charge in [0.15, 0.2) is 0 Å². The highest BCUT2D eigenvalue weighted by Gasteiger charge is 2.43. The van der Waals surface area contributed by atoms with Crippen LogP contribution in [-0.2, 0) is 0 Å². The molecule has 1 amide bonds. The zero-order chi connectivity index (χ0) is 19.1. The molecule has 1 unspecified atom stereocenters. The van der Waals surface area contributed by atoms with Gasteiger partial charge >= 0.3 is 0 Å². The van der Waals surface area contributed by atoms with Gasteiger partial charge in [-0.15, -0.1) is 21.5 Å². The lowest BCUT2D eigenvalue weighted by Gasteiger charge is -2.49. The third kappa shape index (κ3) is 3.19. The summed E-state index contributed by atoms with van der Waals surface area (Å²) >= 11 is 3.14. The van der Waals surface area contributed by atoms with Crippen molar-refractivity contribution < 1.29 is 9.90 Å². The van der Waals surface area contributed by atoms with E-state index in [-0.39, 0.29) is 17.4 Å². The molecule has 1 spiro atoms. The Balaban J connectivity index is 1.31. The first-order valence-corrected chi connectivity index (χ1v) is 11.3. The average molecular weight is 415 g/mol. The summed E-state index contributed by atoms with van der Waals surface area (Å²) in [5.41, 5.74) is 2.59. The average Bonchev–Trinajstić information content (AvgIpc) is 3.38. The zero-order valence-corrected chi connectivity index (χ0v) is 17.1. The Hall–Kier alpha value is -2.03. The highest BCUT2D eigenvalue weighted by atomic mass is 32.1. The molecular formula is C20H22N4O2S2. The molecule has 1 atom stereocenters. The Kier molecular flexibility index (Phi) is 4.57. The summed E-state index contributed by atoms with van der Waals surface area (Å²) in [6.07, 6.45) is 2.26. The zero-order valence-electron chi connectivity index (χ0n) is 15.5. The number of amides is 1. The first kappa shape index (κ1) is 18.0. The van der Waals surface area contributed by atoms with E-state index < -0.39 is 0 Å². The Bertz CT molecular complexity index is 979. The largest absolute Gasteiger partial charge is 0.391 e. The summed E-state index contributed by atoms with van der Waals surface area (Å²) in [6, 6.07) is 8.09. The minimum Gasteiger partial charge on any atom is -0.391 e. The lowest BCUT2D eigenvalue weighted by Crippen LogP contribution is -2.54. The Morgan fingerprint density at radius 3 is 2.82 bits per heavy atom. The number of piperidine rings is 2. The van der Waals surface area contributed by atoms with E-state index in [0.717, 1.165) is 59.7 Å². The molecule has 146 valence electrons. The van der Waals surface area contributed by atoms with Gasteiger partial charge in [0.2, 0.25) is 5.13 Å². The molecule has 2 aliphatic rings. The third-order valence-corrected chi connectivity index (χ3v) is 7.78. The normalized spacial score (nSPS) is 22.1. The number of fused-ring (bicyclic) bond motifs is 1. The van der Waals surface area contributed by atoms with Crippen molar-refractivity contribution in [2.45, 2.75) is 25.4 Å². The number of carbonyl (C=O) groups excluding carboxylic acids is 1. The first-order valence-electron chi connectivity index (χ1n) is 9.58. The van der Waals surface area contributed by atoms with Gasteiger partial charge in [-0.25, -0.2) is 0 Å². The van der Waals surface area contributed by atoms with Crippen molar-refractivity contribution in [2.75, 3.05) is 31.1 Å². The second-order valence-corrected chi connectivity index (χ2v) is 9.62. The number of hydrogen-bond acceptors (Lipinski definition) is 7. The summed E-state index contributed by atoms with van der Waals surface area (Å²) in [6.45, 7) is 2.96. The van der Waals surface area contributed by atoms with Gasteiger partial charge in [0.25, 0.3) is 5.91 Å². The summed E-state index contributed by atoms with van der Waals surface area (Å²) in [4.78, 5) is 17.3. The number of aliphatic hydroxyl groups is 1. The van der Waals surface area contributed by atoms with Crippen LogP contribution < -0.4 is 4.90 Å². The van der Waals surface area contributed by atoms with Gasteiger partial charge in [-0.1, -0.05) is 29.5 Å². The van der Waals surface area contributed by atoms with E-state index in [2.05, 4.69) is 21.2 Å². The van der Waals surface area contributed by atoms with E-state index in [1.165, 1.54) is 11.3 Å². The molecule has 4 heterocycles. The van der Waals surface area contributed by atoms with Gasteiger partial charge in [-0.05, 0) is 30.7 Å². The predicted octanol–water partition coefficient (Wildman–Crippen LogP) is 3.25. The van der Waals surface area contributed by atoms with Crippen LogP contribution >= 0.6 is 22.7 Å². The number of aromatic nitrogens is 2. The summed E-state index contributed by atoms with van der Waals surface area (Å²) in [5.74, 6) is 0.129. The van der Waals surface area contributed by atoms with Crippen LogP contribution in [0.4, 0.5) is 5.13 Å². The van der Waals surface area contributed by atoms with Crippen LogP contribution in [0.3, 0.4) is 0 Å². The number of likely N-dealkylation sites (tertiary alicyclic amines) is 1. The Morgan fingerprint density at radius 2 is 2.04 bits per heavy atom. The van der Waals surface area contributed by atoms with Crippen molar-refractivity contribution in [1.29, 1.82) is 0 Å². The van der Waals surface area contributed by atoms with E-state index in [9.17, 15) is 9.90 Å². The molecule has 6 nitrogen and oxygen atoms in total. The fourth-order valence-electron chi connectivity index (χ4n) is 4.66. The molecule has 2 aliphatic heterocycles. The second-order valence-electron chi connectivity index (χ2n) is 7.90. The number of benzene rings is 1. The van der Waals surface area contributed by atoms with Gasteiger partial charge < -0.3 is 14.9 Å². The molecular weight excluding hydrogens is 392 g/mol.